The molecule has 5 heteroatoms. The van der Waals surface area contributed by atoms with Gasteiger partial charge in [0.05, 0.1) is 18.8 Å². The van der Waals surface area contributed by atoms with Gasteiger partial charge in [-0.3, -0.25) is 4.79 Å². The SMILES string of the molecule is CCOC(=O)c1ccc(OCC2CCN(C(C)=O)CC2)cc1. The zero-order valence-corrected chi connectivity index (χ0v) is 13.2. The van der Waals surface area contributed by atoms with Crippen molar-refractivity contribution >= 4 is 11.9 Å². The van der Waals surface area contributed by atoms with Gasteiger partial charge < -0.3 is 14.4 Å². The standard InChI is InChI=1S/C17H23NO4/c1-3-21-17(20)15-4-6-16(7-5-15)22-12-14-8-10-18(11-9-14)13(2)19/h4-7,14H,3,8-12H2,1-2H3. The molecule has 0 aromatic heterocycles. The van der Waals surface area contributed by atoms with E-state index in [1.165, 1.54) is 0 Å². The summed E-state index contributed by atoms with van der Waals surface area (Å²) in [5.41, 5.74) is 0.531. The predicted octanol–water partition coefficient (Wildman–Crippen LogP) is 2.50. The highest BCUT2D eigenvalue weighted by molar-refractivity contribution is 5.89. The number of hydrogen-bond donors (Lipinski definition) is 0. The van der Waals surface area contributed by atoms with E-state index in [4.69, 9.17) is 9.47 Å². The van der Waals surface area contributed by atoms with Crippen LogP contribution in [0.1, 0.15) is 37.0 Å². The van der Waals surface area contributed by atoms with Gasteiger partial charge in [-0.15, -0.1) is 0 Å². The molecule has 120 valence electrons. The van der Waals surface area contributed by atoms with E-state index in [1.54, 1.807) is 38.1 Å². The van der Waals surface area contributed by atoms with Gasteiger partial charge in [-0.1, -0.05) is 0 Å². The molecule has 1 heterocycles. The van der Waals surface area contributed by atoms with Crippen molar-refractivity contribution in [3.8, 4) is 5.75 Å². The predicted molar refractivity (Wildman–Crippen MR) is 82.9 cm³/mol. The van der Waals surface area contributed by atoms with Crippen LogP contribution in [0.2, 0.25) is 0 Å². The van der Waals surface area contributed by atoms with Gasteiger partial charge in [-0.2, -0.15) is 0 Å². The van der Waals surface area contributed by atoms with Crippen LogP contribution in [0.5, 0.6) is 5.75 Å². The van der Waals surface area contributed by atoms with E-state index in [1.807, 2.05) is 4.90 Å². The summed E-state index contributed by atoms with van der Waals surface area (Å²) in [5.74, 6) is 1.06. The summed E-state index contributed by atoms with van der Waals surface area (Å²) in [5, 5.41) is 0. The first-order valence-electron chi connectivity index (χ1n) is 7.75. The first kappa shape index (κ1) is 16.3. The quantitative estimate of drug-likeness (QED) is 0.784. The zero-order valence-electron chi connectivity index (χ0n) is 13.2. The van der Waals surface area contributed by atoms with E-state index >= 15 is 0 Å². The summed E-state index contributed by atoms with van der Waals surface area (Å²) < 4.78 is 10.7. The first-order chi connectivity index (χ1) is 10.6. The van der Waals surface area contributed by atoms with Crippen LogP contribution in [0.25, 0.3) is 0 Å². The second kappa shape index (κ2) is 7.82. The molecule has 0 unspecified atom stereocenters. The van der Waals surface area contributed by atoms with Gasteiger partial charge in [-0.05, 0) is 49.9 Å². The highest BCUT2D eigenvalue weighted by atomic mass is 16.5. The third-order valence-corrected chi connectivity index (χ3v) is 3.91. The van der Waals surface area contributed by atoms with Crippen molar-refractivity contribution < 1.29 is 19.1 Å². The molecule has 0 atom stereocenters. The molecule has 5 nitrogen and oxygen atoms in total. The number of esters is 1. The molecule has 0 bridgehead atoms. The van der Waals surface area contributed by atoms with Crippen molar-refractivity contribution in [2.24, 2.45) is 5.92 Å². The lowest BCUT2D eigenvalue weighted by atomic mass is 9.98. The third-order valence-electron chi connectivity index (χ3n) is 3.91. The summed E-state index contributed by atoms with van der Waals surface area (Å²) in [7, 11) is 0. The minimum absolute atomic E-state index is 0.147. The average molecular weight is 305 g/mol. The fourth-order valence-electron chi connectivity index (χ4n) is 2.53. The Morgan fingerprint density at radius 2 is 1.82 bits per heavy atom. The van der Waals surface area contributed by atoms with E-state index in [0.29, 0.717) is 24.7 Å². The summed E-state index contributed by atoms with van der Waals surface area (Å²) in [6.45, 7) is 6.03. The van der Waals surface area contributed by atoms with Crippen molar-refractivity contribution in [2.45, 2.75) is 26.7 Å². The highest BCUT2D eigenvalue weighted by Crippen LogP contribution is 2.20. The summed E-state index contributed by atoms with van der Waals surface area (Å²) in [6, 6.07) is 7.01. The molecular weight excluding hydrogens is 282 g/mol. The molecule has 1 aliphatic heterocycles. The molecule has 1 fully saturated rings. The van der Waals surface area contributed by atoms with Gasteiger partial charge in [0.2, 0.25) is 5.91 Å². The Hall–Kier alpha value is -2.04. The van der Waals surface area contributed by atoms with Crippen molar-refractivity contribution in [3.63, 3.8) is 0 Å². The Kier molecular flexibility index (Phi) is 5.81. The smallest absolute Gasteiger partial charge is 0.338 e. The van der Waals surface area contributed by atoms with Gasteiger partial charge in [0.15, 0.2) is 0 Å². The summed E-state index contributed by atoms with van der Waals surface area (Å²) >= 11 is 0. The molecule has 1 saturated heterocycles. The maximum atomic E-state index is 11.6. The molecule has 1 aliphatic rings. The number of hydrogen-bond acceptors (Lipinski definition) is 4. The minimum atomic E-state index is -0.314. The fourth-order valence-corrected chi connectivity index (χ4v) is 2.53. The van der Waals surface area contributed by atoms with Gasteiger partial charge in [0, 0.05) is 20.0 Å². The van der Waals surface area contributed by atoms with E-state index in [9.17, 15) is 9.59 Å². The Morgan fingerprint density at radius 3 is 2.36 bits per heavy atom. The van der Waals surface area contributed by atoms with Gasteiger partial charge >= 0.3 is 5.97 Å². The van der Waals surface area contributed by atoms with Crippen LogP contribution in [0, 0.1) is 5.92 Å². The largest absolute Gasteiger partial charge is 0.493 e. The molecular formula is C17H23NO4. The summed E-state index contributed by atoms with van der Waals surface area (Å²) in [6.07, 6.45) is 1.95. The van der Waals surface area contributed by atoms with Gasteiger partial charge in [-0.25, -0.2) is 4.79 Å². The van der Waals surface area contributed by atoms with Crippen LogP contribution in [0.4, 0.5) is 0 Å². The number of benzene rings is 1. The van der Waals surface area contributed by atoms with Crippen LogP contribution in [-0.2, 0) is 9.53 Å². The molecule has 0 N–H and O–H groups in total. The van der Waals surface area contributed by atoms with Gasteiger partial charge in [0.1, 0.15) is 5.75 Å². The lowest BCUT2D eigenvalue weighted by molar-refractivity contribution is -0.130. The van der Waals surface area contributed by atoms with E-state index in [-0.39, 0.29) is 11.9 Å². The second-order valence-electron chi connectivity index (χ2n) is 5.51. The molecule has 0 radical (unpaired) electrons. The lowest BCUT2D eigenvalue weighted by Crippen LogP contribution is -2.38. The van der Waals surface area contributed by atoms with E-state index < -0.39 is 0 Å². The Labute approximate surface area is 131 Å². The number of carbonyl (C=O) groups is 2. The molecule has 1 aromatic carbocycles. The topological polar surface area (TPSA) is 55.8 Å². The number of carbonyl (C=O) groups excluding carboxylic acids is 2. The number of likely N-dealkylation sites (tertiary alicyclic amines) is 1. The summed E-state index contributed by atoms with van der Waals surface area (Å²) in [4.78, 5) is 24.7. The fraction of sp³-hybridized carbons (Fsp3) is 0.529. The monoisotopic (exact) mass is 305 g/mol. The Morgan fingerprint density at radius 1 is 1.18 bits per heavy atom. The molecule has 22 heavy (non-hydrogen) atoms. The molecule has 0 aliphatic carbocycles. The molecule has 0 saturated carbocycles. The lowest BCUT2D eigenvalue weighted by Gasteiger charge is -2.31. The number of nitrogens with zero attached hydrogens (tertiary/aromatic N) is 1. The molecule has 0 spiro atoms. The maximum absolute atomic E-state index is 11.6. The van der Waals surface area contributed by atoms with Crippen molar-refractivity contribution in [3.05, 3.63) is 29.8 Å². The maximum Gasteiger partial charge on any atom is 0.338 e. The van der Waals surface area contributed by atoms with Crippen LogP contribution in [-0.4, -0.2) is 43.1 Å². The highest BCUT2D eigenvalue weighted by Gasteiger charge is 2.21. The van der Waals surface area contributed by atoms with Crippen LogP contribution in [0.15, 0.2) is 24.3 Å². The Bertz CT molecular complexity index is 504. The van der Waals surface area contributed by atoms with Crippen LogP contribution < -0.4 is 4.74 Å². The molecule has 1 amide bonds. The normalized spacial score (nSPS) is 15.5. The number of piperidine rings is 1. The minimum Gasteiger partial charge on any atom is -0.493 e. The number of rotatable bonds is 5. The number of ether oxygens (including phenoxy) is 2. The van der Waals surface area contributed by atoms with E-state index in [0.717, 1.165) is 31.7 Å². The molecule has 2 rings (SSSR count). The third kappa shape index (κ3) is 4.48. The number of amides is 1. The Balaban J connectivity index is 1.78. The van der Waals surface area contributed by atoms with Crippen molar-refractivity contribution in [2.75, 3.05) is 26.3 Å². The first-order valence-corrected chi connectivity index (χ1v) is 7.75. The second-order valence-corrected chi connectivity index (χ2v) is 5.51. The van der Waals surface area contributed by atoms with Crippen molar-refractivity contribution in [1.29, 1.82) is 0 Å². The van der Waals surface area contributed by atoms with Gasteiger partial charge in [0.25, 0.3) is 0 Å². The van der Waals surface area contributed by atoms with E-state index in [2.05, 4.69) is 0 Å². The van der Waals surface area contributed by atoms with Crippen LogP contribution in [0.3, 0.4) is 0 Å². The van der Waals surface area contributed by atoms with Crippen molar-refractivity contribution in [1.82, 2.24) is 4.90 Å². The zero-order chi connectivity index (χ0) is 15.9. The molecule has 1 aromatic rings. The van der Waals surface area contributed by atoms with Crippen LogP contribution >= 0.6 is 0 Å². The average Bonchev–Trinajstić information content (AvgIpc) is 2.54.